The minimum Gasteiger partial charge on any atom is -0.335 e. The fourth-order valence-corrected chi connectivity index (χ4v) is 6.43. The van der Waals surface area contributed by atoms with Crippen LogP contribution in [0.4, 0.5) is 0 Å². The minimum absolute atomic E-state index is 0.272. The van der Waals surface area contributed by atoms with Crippen molar-refractivity contribution in [3.63, 3.8) is 0 Å². The lowest BCUT2D eigenvalue weighted by molar-refractivity contribution is -0.138. The predicted molar refractivity (Wildman–Crippen MR) is 143 cm³/mol. The molecule has 4 aromatic rings. The van der Waals surface area contributed by atoms with Gasteiger partial charge in [0.15, 0.2) is 0 Å². The van der Waals surface area contributed by atoms with Crippen molar-refractivity contribution < 1.29 is 4.79 Å². The topological polar surface area (TPSA) is 38.1 Å². The lowest BCUT2D eigenvalue weighted by Crippen LogP contribution is -2.50. The maximum absolute atomic E-state index is 14.1. The van der Waals surface area contributed by atoms with Crippen LogP contribution in [0.15, 0.2) is 66.7 Å². The summed E-state index contributed by atoms with van der Waals surface area (Å²) in [5, 5.41) is 2.41. The molecule has 4 nitrogen and oxygen atoms in total. The summed E-state index contributed by atoms with van der Waals surface area (Å²) >= 11 is 0. The van der Waals surface area contributed by atoms with Crippen molar-refractivity contribution in [1.82, 2.24) is 14.5 Å². The molecule has 0 atom stereocenters. The summed E-state index contributed by atoms with van der Waals surface area (Å²) in [7, 11) is 0. The van der Waals surface area contributed by atoms with Gasteiger partial charge in [0.1, 0.15) is 12.4 Å². The molecule has 4 heteroatoms. The molecule has 0 spiro atoms. The number of benzene rings is 3. The van der Waals surface area contributed by atoms with Crippen LogP contribution in [-0.2, 0) is 11.3 Å². The van der Waals surface area contributed by atoms with E-state index in [9.17, 15) is 4.79 Å². The van der Waals surface area contributed by atoms with Crippen LogP contribution in [0.25, 0.3) is 33.2 Å². The van der Waals surface area contributed by atoms with E-state index in [1.165, 1.54) is 49.3 Å². The molecule has 0 N–H and O–H groups in total. The van der Waals surface area contributed by atoms with Gasteiger partial charge in [-0.1, -0.05) is 87.1 Å². The van der Waals surface area contributed by atoms with Gasteiger partial charge in [0.05, 0.1) is 11.0 Å². The van der Waals surface area contributed by atoms with E-state index in [0.717, 1.165) is 48.1 Å². The number of para-hydroxylation sites is 2. The standard InChI is InChI=1S/C31H35N3O/c35-30(34(26-13-3-1-4-14-26)27-15-5-2-6-16-27)22-33-29-18-10-9-17-28(29)32-31(33)25-20-19-23-11-7-8-12-24(23)21-25/h7-12,17-21,26-27H,1-6,13-16,22H2. The van der Waals surface area contributed by atoms with E-state index in [0.29, 0.717) is 18.6 Å². The number of carbonyl (C=O) groups is 1. The summed E-state index contributed by atoms with van der Waals surface area (Å²) in [6, 6.07) is 24.0. The Labute approximate surface area is 208 Å². The Bertz CT molecular complexity index is 1310. The van der Waals surface area contributed by atoms with Gasteiger partial charge in [-0.05, 0) is 54.7 Å². The average molecular weight is 466 g/mol. The highest BCUT2D eigenvalue weighted by molar-refractivity contribution is 5.89. The van der Waals surface area contributed by atoms with E-state index in [1.54, 1.807) is 0 Å². The molecule has 180 valence electrons. The van der Waals surface area contributed by atoms with Gasteiger partial charge in [-0.15, -0.1) is 0 Å². The summed E-state index contributed by atoms with van der Waals surface area (Å²) in [5.74, 6) is 1.16. The van der Waals surface area contributed by atoms with Crippen molar-refractivity contribution in [2.24, 2.45) is 0 Å². The van der Waals surface area contributed by atoms with E-state index in [-0.39, 0.29) is 5.91 Å². The lowest BCUT2D eigenvalue weighted by Gasteiger charge is -2.42. The average Bonchev–Trinajstić information content (AvgIpc) is 3.28. The number of aromatic nitrogens is 2. The van der Waals surface area contributed by atoms with Gasteiger partial charge in [-0.2, -0.15) is 0 Å². The van der Waals surface area contributed by atoms with Crippen molar-refractivity contribution >= 4 is 27.7 Å². The first kappa shape index (κ1) is 22.3. The Balaban J connectivity index is 1.39. The van der Waals surface area contributed by atoms with E-state index < -0.39 is 0 Å². The Hall–Kier alpha value is -3.14. The summed E-state index contributed by atoms with van der Waals surface area (Å²) < 4.78 is 2.17. The zero-order valence-corrected chi connectivity index (χ0v) is 20.5. The van der Waals surface area contributed by atoms with Gasteiger partial charge in [0, 0.05) is 17.6 Å². The van der Waals surface area contributed by atoms with E-state index in [4.69, 9.17) is 4.98 Å². The van der Waals surface area contributed by atoms with Crippen LogP contribution in [0.5, 0.6) is 0 Å². The Morgan fingerprint density at radius 2 is 1.40 bits per heavy atom. The van der Waals surface area contributed by atoms with Crippen LogP contribution in [0.2, 0.25) is 0 Å². The number of hydrogen-bond acceptors (Lipinski definition) is 2. The summed E-state index contributed by atoms with van der Waals surface area (Å²) in [6.07, 6.45) is 12.2. The number of imidazole rings is 1. The second-order valence-corrected chi connectivity index (χ2v) is 10.5. The summed E-state index contributed by atoms with van der Waals surface area (Å²) in [6.45, 7) is 0.357. The number of amides is 1. The van der Waals surface area contributed by atoms with Crippen molar-refractivity contribution in [1.29, 1.82) is 0 Å². The number of nitrogens with zero attached hydrogens (tertiary/aromatic N) is 3. The van der Waals surface area contributed by atoms with E-state index in [2.05, 4.69) is 70.1 Å². The molecule has 0 unspecified atom stereocenters. The van der Waals surface area contributed by atoms with Crippen LogP contribution in [0.3, 0.4) is 0 Å². The number of hydrogen-bond donors (Lipinski definition) is 0. The Kier molecular flexibility index (Phi) is 6.28. The van der Waals surface area contributed by atoms with Gasteiger partial charge in [-0.3, -0.25) is 4.79 Å². The molecule has 2 aliphatic rings. The molecule has 0 bridgehead atoms. The van der Waals surface area contributed by atoms with Crippen LogP contribution < -0.4 is 0 Å². The smallest absolute Gasteiger partial charge is 0.243 e. The molecule has 0 aliphatic heterocycles. The molecular weight excluding hydrogens is 430 g/mol. The van der Waals surface area contributed by atoms with Gasteiger partial charge in [0.25, 0.3) is 0 Å². The second kappa shape index (κ2) is 9.85. The molecule has 1 amide bonds. The normalized spacial score (nSPS) is 17.7. The maximum Gasteiger partial charge on any atom is 0.243 e. The van der Waals surface area contributed by atoms with Gasteiger partial charge in [0.2, 0.25) is 5.91 Å². The zero-order valence-electron chi connectivity index (χ0n) is 20.5. The van der Waals surface area contributed by atoms with Crippen molar-refractivity contribution in [3.05, 3.63) is 66.7 Å². The predicted octanol–water partition coefficient (Wildman–Crippen LogP) is 7.35. The third-order valence-electron chi connectivity index (χ3n) is 8.18. The molecule has 0 radical (unpaired) electrons. The molecule has 2 saturated carbocycles. The van der Waals surface area contributed by atoms with Gasteiger partial charge >= 0.3 is 0 Å². The van der Waals surface area contributed by atoms with Crippen LogP contribution in [-0.4, -0.2) is 32.4 Å². The van der Waals surface area contributed by atoms with Crippen molar-refractivity contribution in [2.75, 3.05) is 0 Å². The highest BCUT2D eigenvalue weighted by Gasteiger charge is 2.33. The van der Waals surface area contributed by atoms with E-state index in [1.807, 2.05) is 6.07 Å². The highest BCUT2D eigenvalue weighted by atomic mass is 16.2. The fraction of sp³-hybridized carbons (Fsp3) is 0.419. The monoisotopic (exact) mass is 465 g/mol. The van der Waals surface area contributed by atoms with Crippen LogP contribution in [0.1, 0.15) is 64.2 Å². The van der Waals surface area contributed by atoms with Crippen molar-refractivity contribution in [2.45, 2.75) is 82.8 Å². The number of rotatable bonds is 5. The molecule has 1 aromatic heterocycles. The second-order valence-electron chi connectivity index (χ2n) is 10.5. The molecule has 2 fully saturated rings. The molecular formula is C31H35N3O. The molecule has 0 saturated heterocycles. The highest BCUT2D eigenvalue weighted by Crippen LogP contribution is 2.32. The number of fused-ring (bicyclic) bond motifs is 2. The van der Waals surface area contributed by atoms with Crippen LogP contribution in [0, 0.1) is 0 Å². The molecule has 6 rings (SSSR count). The first-order valence-corrected chi connectivity index (χ1v) is 13.5. The third kappa shape index (κ3) is 4.47. The quantitative estimate of drug-likeness (QED) is 0.309. The Morgan fingerprint density at radius 1 is 0.771 bits per heavy atom. The zero-order chi connectivity index (χ0) is 23.6. The van der Waals surface area contributed by atoms with E-state index >= 15 is 0 Å². The van der Waals surface area contributed by atoms with Gasteiger partial charge < -0.3 is 9.47 Å². The molecule has 1 heterocycles. The fourth-order valence-electron chi connectivity index (χ4n) is 6.43. The maximum atomic E-state index is 14.1. The first-order chi connectivity index (χ1) is 17.3. The summed E-state index contributed by atoms with van der Waals surface area (Å²) in [4.78, 5) is 21.5. The van der Waals surface area contributed by atoms with Gasteiger partial charge in [-0.25, -0.2) is 4.98 Å². The minimum atomic E-state index is 0.272. The summed E-state index contributed by atoms with van der Waals surface area (Å²) in [5.41, 5.74) is 3.05. The lowest BCUT2D eigenvalue weighted by atomic mass is 9.88. The largest absolute Gasteiger partial charge is 0.335 e. The SMILES string of the molecule is O=C(Cn1c(-c2ccc3ccccc3c2)nc2ccccc21)N(C1CCCCC1)C1CCCCC1. The third-order valence-corrected chi connectivity index (χ3v) is 8.18. The molecule has 35 heavy (non-hydrogen) atoms. The number of carbonyl (C=O) groups excluding carboxylic acids is 1. The molecule has 2 aliphatic carbocycles. The Morgan fingerprint density at radius 3 is 2.11 bits per heavy atom. The van der Waals surface area contributed by atoms with Crippen molar-refractivity contribution in [3.8, 4) is 11.4 Å². The molecule has 3 aromatic carbocycles. The first-order valence-electron chi connectivity index (χ1n) is 13.5. The van der Waals surface area contributed by atoms with Crippen LogP contribution >= 0.6 is 0 Å².